The van der Waals surface area contributed by atoms with Crippen LogP contribution in [0.25, 0.3) is 0 Å². The van der Waals surface area contributed by atoms with E-state index in [1.165, 1.54) is 0 Å². The molecule has 180 valence electrons. The molecule has 0 saturated carbocycles. The molecule has 1 aromatic heterocycles. The summed E-state index contributed by atoms with van der Waals surface area (Å²) in [7, 11) is 0. The van der Waals surface area contributed by atoms with E-state index in [4.69, 9.17) is 37.9 Å². The molecule has 0 bridgehead atoms. The smallest absolute Gasteiger partial charge is 0.232 e. The Labute approximate surface area is 194 Å². The summed E-state index contributed by atoms with van der Waals surface area (Å²) in [6, 6.07) is 9.59. The van der Waals surface area contributed by atoms with Crippen LogP contribution >= 0.6 is 0 Å². The van der Waals surface area contributed by atoms with Crippen molar-refractivity contribution in [3.8, 4) is 0 Å². The maximum atomic E-state index is 9.64. The van der Waals surface area contributed by atoms with Gasteiger partial charge >= 0.3 is 0 Å². The molecule has 11 nitrogen and oxygen atoms in total. The molecule has 2 aromatic rings. The molecule has 2 saturated heterocycles. The maximum absolute atomic E-state index is 9.64. The largest absolute Gasteiger partial charge is 0.396 e. The van der Waals surface area contributed by atoms with Gasteiger partial charge in [-0.3, -0.25) is 0 Å². The van der Waals surface area contributed by atoms with Gasteiger partial charge in [-0.2, -0.15) is 15.0 Å². The molecule has 2 aliphatic heterocycles. The van der Waals surface area contributed by atoms with E-state index in [1.54, 1.807) is 0 Å². The second kappa shape index (κ2) is 10.6. The van der Waals surface area contributed by atoms with Crippen LogP contribution in [-0.2, 0) is 0 Å². The van der Waals surface area contributed by atoms with Gasteiger partial charge in [0.15, 0.2) is 0 Å². The number of rotatable bonds is 7. The van der Waals surface area contributed by atoms with Crippen molar-refractivity contribution in [1.82, 2.24) is 15.0 Å². The van der Waals surface area contributed by atoms with E-state index in [-0.39, 0.29) is 36.8 Å². The summed E-state index contributed by atoms with van der Waals surface area (Å²) in [4.78, 5) is 18.2. The Kier molecular flexibility index (Phi) is 7.56. The highest BCUT2D eigenvalue weighted by atomic mass is 16.3. The van der Waals surface area contributed by atoms with Crippen molar-refractivity contribution in [3.05, 3.63) is 35.9 Å². The van der Waals surface area contributed by atoms with E-state index >= 15 is 0 Å². The van der Waals surface area contributed by atoms with E-state index in [0.29, 0.717) is 50.4 Å². The lowest BCUT2D eigenvalue weighted by Crippen LogP contribution is -2.54. The highest BCUT2D eigenvalue weighted by molar-refractivity contribution is 5.47. The van der Waals surface area contributed by atoms with Crippen molar-refractivity contribution in [1.29, 1.82) is 0 Å². The first-order valence-electron chi connectivity index (χ1n) is 11.6. The fraction of sp³-hybridized carbons (Fsp3) is 0.591. The normalized spacial score (nSPS) is 26.8. The lowest BCUT2D eigenvalue weighted by Gasteiger charge is -2.37. The molecule has 11 heteroatoms. The van der Waals surface area contributed by atoms with E-state index in [0.717, 1.165) is 18.4 Å². The molecule has 0 amide bonds. The fourth-order valence-electron chi connectivity index (χ4n) is 4.68. The lowest BCUT2D eigenvalue weighted by atomic mass is 10.0. The van der Waals surface area contributed by atoms with Gasteiger partial charge in [0, 0.05) is 57.0 Å². The topological polar surface area (TPSA) is 181 Å². The van der Waals surface area contributed by atoms with Gasteiger partial charge in [0.05, 0.1) is 6.04 Å². The van der Waals surface area contributed by atoms with Gasteiger partial charge in [0.2, 0.25) is 17.8 Å². The van der Waals surface area contributed by atoms with Crippen LogP contribution in [-0.4, -0.2) is 77.0 Å². The molecule has 4 rings (SSSR count). The number of hydrogen-bond acceptors (Lipinski definition) is 11. The number of piperidine rings is 2. The van der Waals surface area contributed by atoms with Crippen molar-refractivity contribution in [2.45, 2.75) is 49.5 Å². The first kappa shape index (κ1) is 23.6. The van der Waals surface area contributed by atoms with Crippen LogP contribution in [0.5, 0.6) is 0 Å². The first-order valence-corrected chi connectivity index (χ1v) is 11.6. The summed E-state index contributed by atoms with van der Waals surface area (Å²) in [6.45, 7) is 2.51. The minimum absolute atomic E-state index is 0.0308. The molecule has 0 radical (unpaired) electrons. The third-order valence-corrected chi connectivity index (χ3v) is 6.13. The van der Waals surface area contributed by atoms with Crippen LogP contribution in [0.15, 0.2) is 30.3 Å². The standard InChI is InChI=1S/C22H36N10O/c23-15-8-16(24)11-31(10-15)21-28-20(27-19(6-7-33)14-4-2-1-3-5-14)29-22(30-21)32-12-17(25)9-18(26)13-32/h1-5,15-19,33H,6-13,23-26H2,(H,27,28,29,30). The summed E-state index contributed by atoms with van der Waals surface area (Å²) in [5, 5.41) is 13.0. The average molecular weight is 457 g/mol. The maximum Gasteiger partial charge on any atom is 0.232 e. The van der Waals surface area contributed by atoms with Gasteiger partial charge in [0.1, 0.15) is 0 Å². The number of hydrogen-bond donors (Lipinski definition) is 6. The van der Waals surface area contributed by atoms with Crippen molar-refractivity contribution < 1.29 is 5.11 Å². The van der Waals surface area contributed by atoms with Gasteiger partial charge < -0.3 is 43.2 Å². The fourth-order valence-corrected chi connectivity index (χ4v) is 4.68. The number of nitrogens with zero attached hydrogens (tertiary/aromatic N) is 5. The zero-order valence-electron chi connectivity index (χ0n) is 18.9. The van der Waals surface area contributed by atoms with Crippen molar-refractivity contribution in [2.75, 3.05) is 47.9 Å². The second-order valence-corrected chi connectivity index (χ2v) is 9.20. The van der Waals surface area contributed by atoms with Gasteiger partial charge in [-0.25, -0.2) is 0 Å². The van der Waals surface area contributed by atoms with Crippen LogP contribution in [0.1, 0.15) is 30.9 Å². The Morgan fingerprint density at radius 3 is 1.76 bits per heavy atom. The molecule has 3 heterocycles. The molecule has 0 spiro atoms. The number of aromatic nitrogens is 3. The Balaban J connectivity index is 1.67. The van der Waals surface area contributed by atoms with Gasteiger partial charge in [-0.05, 0) is 24.8 Å². The summed E-state index contributed by atoms with van der Waals surface area (Å²) in [6.07, 6.45) is 2.04. The second-order valence-electron chi connectivity index (χ2n) is 9.20. The summed E-state index contributed by atoms with van der Waals surface area (Å²) < 4.78 is 0. The monoisotopic (exact) mass is 456 g/mol. The molecule has 2 aliphatic rings. The molecule has 0 aliphatic carbocycles. The zero-order valence-corrected chi connectivity index (χ0v) is 18.9. The molecular formula is C22H36N10O. The predicted octanol–water partition coefficient (Wildman–Crippen LogP) is -0.863. The van der Waals surface area contributed by atoms with E-state index in [2.05, 4.69) is 5.32 Å². The Morgan fingerprint density at radius 2 is 1.30 bits per heavy atom. The molecule has 2 fully saturated rings. The summed E-state index contributed by atoms with van der Waals surface area (Å²) in [5.41, 5.74) is 25.9. The molecule has 5 atom stereocenters. The Morgan fingerprint density at radius 1 is 0.818 bits per heavy atom. The predicted molar refractivity (Wildman–Crippen MR) is 130 cm³/mol. The molecular weight excluding hydrogens is 420 g/mol. The number of nitrogens with one attached hydrogen (secondary N) is 1. The minimum Gasteiger partial charge on any atom is -0.396 e. The number of anilines is 3. The average Bonchev–Trinajstić information content (AvgIpc) is 2.78. The quantitative estimate of drug-likeness (QED) is 0.305. The van der Waals surface area contributed by atoms with Crippen LogP contribution in [0.2, 0.25) is 0 Å². The van der Waals surface area contributed by atoms with Gasteiger partial charge in [-0.1, -0.05) is 30.3 Å². The van der Waals surface area contributed by atoms with Crippen LogP contribution in [0.4, 0.5) is 17.8 Å². The highest BCUT2D eigenvalue weighted by Gasteiger charge is 2.29. The Bertz CT molecular complexity index is 836. The third-order valence-electron chi connectivity index (χ3n) is 6.13. The molecule has 10 N–H and O–H groups in total. The minimum atomic E-state index is -0.156. The highest BCUT2D eigenvalue weighted by Crippen LogP contribution is 2.25. The van der Waals surface area contributed by atoms with Crippen LogP contribution in [0, 0.1) is 0 Å². The molecule has 33 heavy (non-hydrogen) atoms. The number of benzene rings is 1. The first-order chi connectivity index (χ1) is 15.9. The summed E-state index contributed by atoms with van der Waals surface area (Å²) in [5.74, 6) is 1.48. The van der Waals surface area contributed by atoms with Gasteiger partial charge in [-0.15, -0.1) is 0 Å². The van der Waals surface area contributed by atoms with Crippen LogP contribution in [0.3, 0.4) is 0 Å². The van der Waals surface area contributed by atoms with E-state index in [9.17, 15) is 5.11 Å². The zero-order chi connectivity index (χ0) is 23.4. The van der Waals surface area contributed by atoms with E-state index in [1.807, 2.05) is 40.1 Å². The van der Waals surface area contributed by atoms with Crippen molar-refractivity contribution in [3.63, 3.8) is 0 Å². The van der Waals surface area contributed by atoms with Crippen LogP contribution < -0.4 is 38.1 Å². The molecule has 1 aromatic carbocycles. The molecule has 5 unspecified atom stereocenters. The SMILES string of the molecule is NC1CC(N)CN(c2nc(NC(CCO)c3ccccc3)nc(N3CC(N)CC(N)C3)n2)C1. The third kappa shape index (κ3) is 6.06. The summed E-state index contributed by atoms with van der Waals surface area (Å²) >= 11 is 0. The number of aliphatic hydroxyl groups is 1. The number of nitrogens with two attached hydrogens (primary N) is 4. The van der Waals surface area contributed by atoms with Crippen molar-refractivity contribution >= 4 is 17.8 Å². The van der Waals surface area contributed by atoms with Gasteiger partial charge in [0.25, 0.3) is 0 Å². The lowest BCUT2D eigenvalue weighted by molar-refractivity contribution is 0.280. The van der Waals surface area contributed by atoms with E-state index < -0.39 is 0 Å². The van der Waals surface area contributed by atoms with Crippen molar-refractivity contribution in [2.24, 2.45) is 22.9 Å². The Hall–Kier alpha value is -2.57. The number of aliphatic hydroxyl groups excluding tert-OH is 1.